The van der Waals surface area contributed by atoms with Crippen molar-refractivity contribution in [1.29, 1.82) is 0 Å². The summed E-state index contributed by atoms with van der Waals surface area (Å²) in [5.41, 5.74) is 0.820. The van der Waals surface area contributed by atoms with E-state index < -0.39 is 5.56 Å². The molecule has 0 atom stereocenters. The summed E-state index contributed by atoms with van der Waals surface area (Å²) in [4.78, 5) is 39.5. The van der Waals surface area contributed by atoms with Crippen LogP contribution in [0.1, 0.15) is 28.7 Å². The van der Waals surface area contributed by atoms with Crippen LogP contribution in [0.4, 0.5) is 0 Å². The van der Waals surface area contributed by atoms with Crippen LogP contribution in [0.25, 0.3) is 22.4 Å². The van der Waals surface area contributed by atoms with Crippen molar-refractivity contribution in [3.05, 3.63) is 78.7 Å². The fourth-order valence-electron chi connectivity index (χ4n) is 2.57. The highest BCUT2D eigenvalue weighted by molar-refractivity contribution is 7.15. The van der Waals surface area contributed by atoms with Crippen molar-refractivity contribution in [2.45, 2.75) is 13.8 Å². The number of rotatable bonds is 3. The van der Waals surface area contributed by atoms with Crippen LogP contribution in [-0.2, 0) is 0 Å². The molecule has 0 aliphatic rings. The Labute approximate surface area is 156 Å². The van der Waals surface area contributed by atoms with Crippen molar-refractivity contribution >= 4 is 28.2 Å². The van der Waals surface area contributed by atoms with Crippen LogP contribution in [0.3, 0.4) is 0 Å². The Morgan fingerprint density at radius 3 is 2.59 bits per heavy atom. The highest BCUT2D eigenvalue weighted by Crippen LogP contribution is 2.23. The van der Waals surface area contributed by atoms with E-state index in [0.29, 0.717) is 21.6 Å². The number of carbonyl (C=O) groups excluding carboxylic acids is 1. The van der Waals surface area contributed by atoms with Crippen molar-refractivity contribution < 1.29 is 9.21 Å². The minimum Gasteiger partial charge on any atom is -0.457 e. The first-order chi connectivity index (χ1) is 12.9. The summed E-state index contributed by atoms with van der Waals surface area (Å²) in [6.45, 7) is 3.03. The summed E-state index contributed by atoms with van der Waals surface area (Å²) < 4.78 is 7.28. The topological polar surface area (TPSA) is 94.5 Å². The number of ketones is 1. The molecule has 0 saturated heterocycles. The lowest BCUT2D eigenvalue weighted by Gasteiger charge is -1.98. The van der Waals surface area contributed by atoms with Crippen molar-refractivity contribution in [1.82, 2.24) is 14.6 Å². The van der Waals surface area contributed by atoms with E-state index in [1.165, 1.54) is 13.8 Å². The fraction of sp³-hybridized carbons (Fsp3) is 0.105. The van der Waals surface area contributed by atoms with E-state index in [2.05, 4.69) is 10.1 Å². The normalized spacial score (nSPS) is 12.0. The maximum absolute atomic E-state index is 12.4. The Kier molecular flexibility index (Phi) is 4.04. The maximum atomic E-state index is 12.4. The van der Waals surface area contributed by atoms with Crippen LogP contribution < -0.4 is 15.7 Å². The third kappa shape index (κ3) is 3.11. The van der Waals surface area contributed by atoms with Crippen LogP contribution >= 0.6 is 11.3 Å². The Hall–Kier alpha value is -3.39. The summed E-state index contributed by atoms with van der Waals surface area (Å²) in [6, 6.07) is 10.6. The van der Waals surface area contributed by atoms with Gasteiger partial charge in [-0.05, 0) is 26.0 Å². The Balaban J connectivity index is 1.75. The van der Waals surface area contributed by atoms with E-state index in [1.807, 2.05) is 0 Å². The van der Waals surface area contributed by atoms with Crippen LogP contribution in [0.15, 0.2) is 50.4 Å². The lowest BCUT2D eigenvalue weighted by atomic mass is 10.1. The van der Waals surface area contributed by atoms with Crippen LogP contribution in [0.5, 0.6) is 0 Å². The molecule has 0 aliphatic heterocycles. The molecule has 0 amide bonds. The quantitative estimate of drug-likeness (QED) is 0.504. The van der Waals surface area contributed by atoms with Crippen LogP contribution in [0.2, 0.25) is 0 Å². The smallest absolute Gasteiger partial charge is 0.295 e. The molecule has 134 valence electrons. The van der Waals surface area contributed by atoms with Gasteiger partial charge in [-0.3, -0.25) is 14.4 Å². The zero-order chi connectivity index (χ0) is 19.1. The number of furan rings is 1. The third-order valence-electron chi connectivity index (χ3n) is 4.02. The Bertz CT molecular complexity index is 1350. The molecule has 7 nitrogen and oxygen atoms in total. The molecule has 0 unspecified atom stereocenters. The first-order valence-corrected chi connectivity index (χ1v) is 8.87. The zero-order valence-corrected chi connectivity index (χ0v) is 15.2. The molecule has 3 aromatic heterocycles. The largest absolute Gasteiger partial charge is 0.457 e. The van der Waals surface area contributed by atoms with Gasteiger partial charge in [0.1, 0.15) is 21.7 Å². The number of hydrogen-bond acceptors (Lipinski definition) is 7. The van der Waals surface area contributed by atoms with Gasteiger partial charge in [0.25, 0.3) is 11.1 Å². The number of aryl methyl sites for hydroxylation is 1. The first-order valence-electron chi connectivity index (χ1n) is 8.06. The van der Waals surface area contributed by atoms with Gasteiger partial charge in [-0.25, -0.2) is 0 Å². The molecule has 27 heavy (non-hydrogen) atoms. The van der Waals surface area contributed by atoms with Gasteiger partial charge in [0.15, 0.2) is 5.78 Å². The highest BCUT2D eigenvalue weighted by Gasteiger charge is 2.10. The summed E-state index contributed by atoms with van der Waals surface area (Å²) in [5.74, 6) is 1.11. The van der Waals surface area contributed by atoms with Gasteiger partial charge in [0, 0.05) is 17.2 Å². The summed E-state index contributed by atoms with van der Waals surface area (Å²) >= 11 is 1.08. The van der Waals surface area contributed by atoms with Gasteiger partial charge in [0.2, 0.25) is 4.96 Å². The molecular formula is C19H13N3O4S. The lowest BCUT2D eigenvalue weighted by Crippen LogP contribution is -2.27. The molecule has 0 N–H and O–H groups in total. The number of carbonyl (C=O) groups is 1. The average molecular weight is 379 g/mol. The Morgan fingerprint density at radius 2 is 1.89 bits per heavy atom. The number of Topliss-reactive ketones (excluding diaryl/α,β-unsaturated/α-hetero) is 1. The van der Waals surface area contributed by atoms with E-state index in [4.69, 9.17) is 4.42 Å². The molecule has 0 spiro atoms. The second-order valence-corrected chi connectivity index (χ2v) is 6.96. The van der Waals surface area contributed by atoms with Gasteiger partial charge in [-0.2, -0.15) is 14.6 Å². The molecular weight excluding hydrogens is 366 g/mol. The van der Waals surface area contributed by atoms with Crippen LogP contribution in [0, 0.1) is 6.92 Å². The minimum absolute atomic E-state index is 0.000976. The standard InChI is InChI=1S/C19H13N3O4S/c1-10-17(24)20-19-22(21-10)18(25)16(27-19)9-14-7-8-15(26-14)13-5-3-12(4-6-13)11(2)23/h3-9H,1-2H3. The van der Waals surface area contributed by atoms with Gasteiger partial charge in [-0.15, -0.1) is 0 Å². The van der Waals surface area contributed by atoms with E-state index in [1.54, 1.807) is 42.5 Å². The zero-order valence-electron chi connectivity index (χ0n) is 14.4. The molecule has 0 saturated carbocycles. The van der Waals surface area contributed by atoms with Gasteiger partial charge < -0.3 is 4.42 Å². The maximum Gasteiger partial charge on any atom is 0.295 e. The van der Waals surface area contributed by atoms with E-state index in [-0.39, 0.29) is 22.0 Å². The predicted octanol–water partition coefficient (Wildman–Crippen LogP) is 1.83. The monoisotopic (exact) mass is 379 g/mol. The number of thiazole rings is 1. The molecule has 4 aromatic rings. The van der Waals surface area contributed by atoms with Crippen molar-refractivity contribution in [3.8, 4) is 11.3 Å². The second kappa shape index (κ2) is 6.40. The Morgan fingerprint density at radius 1 is 1.15 bits per heavy atom. The number of aromatic nitrogens is 3. The van der Waals surface area contributed by atoms with Crippen molar-refractivity contribution in [2.24, 2.45) is 0 Å². The van der Waals surface area contributed by atoms with Crippen LogP contribution in [-0.4, -0.2) is 20.4 Å². The SMILES string of the molecule is CC(=O)c1ccc(-c2ccc(C=c3sc4nc(=O)c(C)nn4c3=O)o2)cc1. The predicted molar refractivity (Wildman–Crippen MR) is 101 cm³/mol. The van der Waals surface area contributed by atoms with Crippen molar-refractivity contribution in [2.75, 3.05) is 0 Å². The summed E-state index contributed by atoms with van der Waals surface area (Å²) in [6.07, 6.45) is 1.59. The van der Waals surface area contributed by atoms with E-state index in [0.717, 1.165) is 21.4 Å². The molecule has 1 aromatic carbocycles. The molecule has 0 bridgehead atoms. The molecule has 3 heterocycles. The molecule has 0 radical (unpaired) electrons. The van der Waals surface area contributed by atoms with E-state index >= 15 is 0 Å². The first kappa shape index (κ1) is 17.0. The molecule has 8 heteroatoms. The summed E-state index contributed by atoms with van der Waals surface area (Å²) in [7, 11) is 0. The molecule has 0 aliphatic carbocycles. The van der Waals surface area contributed by atoms with Gasteiger partial charge in [0.05, 0.1) is 0 Å². The lowest BCUT2D eigenvalue weighted by molar-refractivity contribution is 0.101. The second-order valence-electron chi connectivity index (χ2n) is 5.95. The molecule has 4 rings (SSSR count). The number of benzene rings is 1. The third-order valence-corrected chi connectivity index (χ3v) is 4.98. The minimum atomic E-state index is -0.447. The van der Waals surface area contributed by atoms with Gasteiger partial charge in [-0.1, -0.05) is 35.6 Å². The number of hydrogen-bond donors (Lipinski definition) is 0. The fourth-order valence-corrected chi connectivity index (χ4v) is 3.45. The highest BCUT2D eigenvalue weighted by atomic mass is 32.1. The number of fused-ring (bicyclic) bond motifs is 1. The summed E-state index contributed by atoms with van der Waals surface area (Å²) in [5, 5.41) is 3.97. The van der Waals surface area contributed by atoms with E-state index in [9.17, 15) is 14.4 Å². The number of nitrogens with zero attached hydrogens (tertiary/aromatic N) is 3. The van der Waals surface area contributed by atoms with Crippen molar-refractivity contribution in [3.63, 3.8) is 0 Å². The molecule has 0 fully saturated rings. The van der Waals surface area contributed by atoms with Gasteiger partial charge >= 0.3 is 0 Å². The average Bonchev–Trinajstić information content (AvgIpc) is 3.22.